The van der Waals surface area contributed by atoms with E-state index >= 15 is 0 Å². The summed E-state index contributed by atoms with van der Waals surface area (Å²) in [6, 6.07) is 18.6. The van der Waals surface area contributed by atoms with Gasteiger partial charge in [-0.15, -0.1) is 24.0 Å². The molecule has 7 nitrogen and oxygen atoms in total. The highest BCUT2D eigenvalue weighted by atomic mass is 127. The molecule has 0 bridgehead atoms. The maximum atomic E-state index is 12.4. The zero-order valence-electron chi connectivity index (χ0n) is 19.9. The molecule has 2 aromatic carbocycles. The molecule has 0 aromatic heterocycles. The van der Waals surface area contributed by atoms with E-state index in [0.29, 0.717) is 24.7 Å². The van der Waals surface area contributed by atoms with E-state index in [1.165, 1.54) is 5.69 Å². The Morgan fingerprint density at radius 1 is 1.12 bits per heavy atom. The van der Waals surface area contributed by atoms with Crippen molar-refractivity contribution in [2.45, 2.75) is 25.9 Å². The third-order valence-corrected chi connectivity index (χ3v) is 5.45. The van der Waals surface area contributed by atoms with Crippen molar-refractivity contribution in [2.24, 2.45) is 4.99 Å². The number of hydrogen-bond donors (Lipinski definition) is 3. The minimum absolute atomic E-state index is 0. The van der Waals surface area contributed by atoms with Crippen LogP contribution in [0.3, 0.4) is 0 Å². The van der Waals surface area contributed by atoms with Crippen LogP contribution in [0, 0.1) is 0 Å². The van der Waals surface area contributed by atoms with E-state index < -0.39 is 0 Å². The van der Waals surface area contributed by atoms with Gasteiger partial charge in [0.05, 0.1) is 6.54 Å². The van der Waals surface area contributed by atoms with Gasteiger partial charge in [0.1, 0.15) is 0 Å². The van der Waals surface area contributed by atoms with Gasteiger partial charge in [-0.3, -0.25) is 4.79 Å². The smallest absolute Gasteiger partial charge is 0.251 e. The molecular weight excluding hydrogens is 527 g/mol. The average Bonchev–Trinajstić information content (AvgIpc) is 3.27. The van der Waals surface area contributed by atoms with Crippen molar-refractivity contribution in [1.29, 1.82) is 0 Å². The van der Waals surface area contributed by atoms with Crippen LogP contribution in [0.5, 0.6) is 0 Å². The predicted molar refractivity (Wildman–Crippen MR) is 148 cm³/mol. The van der Waals surface area contributed by atoms with Gasteiger partial charge in [-0.2, -0.15) is 0 Å². The van der Waals surface area contributed by atoms with Gasteiger partial charge in [0.25, 0.3) is 5.91 Å². The molecule has 1 aliphatic rings. The number of nitrogens with one attached hydrogen (secondary N) is 3. The first-order valence-electron chi connectivity index (χ1n) is 11.4. The number of likely N-dealkylation sites (N-methyl/N-ethyl adjacent to an activating group) is 1. The zero-order valence-corrected chi connectivity index (χ0v) is 22.2. The first-order valence-corrected chi connectivity index (χ1v) is 11.4. The molecule has 1 aliphatic heterocycles. The molecule has 1 saturated heterocycles. The number of nitrogens with zero attached hydrogens (tertiary/aromatic N) is 3. The molecule has 8 heteroatoms. The highest BCUT2D eigenvalue weighted by molar-refractivity contribution is 14.0. The fourth-order valence-electron chi connectivity index (χ4n) is 3.74. The Balaban J connectivity index is 0.00000385. The monoisotopic (exact) mass is 564 g/mol. The Morgan fingerprint density at radius 2 is 1.91 bits per heavy atom. The molecule has 3 rings (SSSR count). The Bertz CT molecular complexity index is 889. The van der Waals surface area contributed by atoms with Crippen LogP contribution in [-0.2, 0) is 6.54 Å². The molecule has 1 amide bonds. The Morgan fingerprint density at radius 3 is 2.64 bits per heavy atom. The van der Waals surface area contributed by atoms with Crippen molar-refractivity contribution in [1.82, 2.24) is 20.9 Å². The van der Waals surface area contributed by atoms with Gasteiger partial charge in [-0.05, 0) is 57.3 Å². The summed E-state index contributed by atoms with van der Waals surface area (Å²) in [6.45, 7) is 6.82. The number of aliphatic imine (C=N–C) groups is 1. The number of carbonyl (C=O) groups excluding carboxylic acids is 1. The maximum Gasteiger partial charge on any atom is 0.251 e. The van der Waals surface area contributed by atoms with Crippen LogP contribution >= 0.6 is 24.0 Å². The second-order valence-corrected chi connectivity index (χ2v) is 8.37. The van der Waals surface area contributed by atoms with Crippen molar-refractivity contribution >= 4 is 41.5 Å². The van der Waals surface area contributed by atoms with Crippen molar-refractivity contribution in [2.75, 3.05) is 51.7 Å². The van der Waals surface area contributed by atoms with Crippen molar-refractivity contribution in [3.05, 3.63) is 65.7 Å². The number of anilines is 1. The van der Waals surface area contributed by atoms with Crippen LogP contribution in [0.2, 0.25) is 0 Å². The number of amides is 1. The largest absolute Gasteiger partial charge is 0.369 e. The zero-order chi connectivity index (χ0) is 22.8. The van der Waals surface area contributed by atoms with Crippen LogP contribution in [0.4, 0.5) is 5.69 Å². The summed E-state index contributed by atoms with van der Waals surface area (Å²) in [5.41, 5.74) is 2.95. The van der Waals surface area contributed by atoms with Crippen molar-refractivity contribution in [3.63, 3.8) is 0 Å². The molecule has 0 spiro atoms. The topological polar surface area (TPSA) is 72.0 Å². The number of para-hydroxylation sites is 1. The summed E-state index contributed by atoms with van der Waals surface area (Å²) in [4.78, 5) is 21.6. The van der Waals surface area contributed by atoms with Crippen LogP contribution in [-0.4, -0.2) is 69.6 Å². The molecule has 0 saturated carbocycles. The number of halogens is 1. The lowest BCUT2D eigenvalue weighted by molar-refractivity contribution is 0.0951. The van der Waals surface area contributed by atoms with Gasteiger partial charge in [0, 0.05) is 50.0 Å². The van der Waals surface area contributed by atoms with Gasteiger partial charge >= 0.3 is 0 Å². The number of guanidine groups is 1. The second kappa shape index (κ2) is 14.0. The summed E-state index contributed by atoms with van der Waals surface area (Å²) in [5.74, 6) is 0.767. The molecule has 0 radical (unpaired) electrons. The quantitative estimate of drug-likeness (QED) is 0.248. The summed E-state index contributed by atoms with van der Waals surface area (Å²) in [7, 11) is 3.98. The highest BCUT2D eigenvalue weighted by Gasteiger charge is 2.23. The fraction of sp³-hybridized carbons (Fsp3) is 0.440. The lowest BCUT2D eigenvalue weighted by Gasteiger charge is -2.20. The first kappa shape index (κ1) is 26.9. The molecular formula is C25H37IN6O. The van der Waals surface area contributed by atoms with Crippen LogP contribution < -0.4 is 20.9 Å². The van der Waals surface area contributed by atoms with Crippen molar-refractivity contribution in [3.8, 4) is 0 Å². The third kappa shape index (κ3) is 8.85. The van der Waals surface area contributed by atoms with Gasteiger partial charge in [-0.1, -0.05) is 30.3 Å². The molecule has 3 N–H and O–H groups in total. The lowest BCUT2D eigenvalue weighted by atomic mass is 10.1. The van der Waals surface area contributed by atoms with E-state index in [9.17, 15) is 4.79 Å². The van der Waals surface area contributed by atoms with Gasteiger partial charge in [-0.25, -0.2) is 4.99 Å². The summed E-state index contributed by atoms with van der Waals surface area (Å²) in [6.07, 6.45) is 1.07. The standard InChI is InChI=1S/C25H36N6O.HI/c1-4-26-25(29-22-13-15-31(19-22)23-11-6-5-7-12-23)28-18-20-9-8-10-21(17-20)24(32)27-14-16-30(2)3;/h5-12,17,22H,4,13-16,18-19H2,1-3H3,(H,27,32)(H2,26,28,29);1H. The number of rotatable bonds is 9. The first-order chi connectivity index (χ1) is 15.5. The highest BCUT2D eigenvalue weighted by Crippen LogP contribution is 2.19. The van der Waals surface area contributed by atoms with Crippen LogP contribution in [0.1, 0.15) is 29.3 Å². The lowest BCUT2D eigenvalue weighted by Crippen LogP contribution is -2.44. The van der Waals surface area contributed by atoms with E-state index in [0.717, 1.165) is 44.1 Å². The number of hydrogen-bond acceptors (Lipinski definition) is 4. The molecule has 1 unspecified atom stereocenters. The van der Waals surface area contributed by atoms with Gasteiger partial charge in [0.2, 0.25) is 0 Å². The molecule has 0 aliphatic carbocycles. The van der Waals surface area contributed by atoms with Crippen molar-refractivity contribution < 1.29 is 4.79 Å². The summed E-state index contributed by atoms with van der Waals surface area (Å²) < 4.78 is 0. The Labute approximate surface area is 215 Å². The third-order valence-electron chi connectivity index (χ3n) is 5.45. The SMILES string of the molecule is CCNC(=NCc1cccc(C(=O)NCCN(C)C)c1)NC1CCN(c2ccccc2)C1.I. The van der Waals surface area contributed by atoms with Crippen LogP contribution in [0.15, 0.2) is 59.6 Å². The normalized spacial score (nSPS) is 15.8. The minimum Gasteiger partial charge on any atom is -0.369 e. The molecule has 1 heterocycles. The van der Waals surface area contributed by atoms with Gasteiger partial charge in [0.15, 0.2) is 5.96 Å². The van der Waals surface area contributed by atoms with E-state index in [4.69, 9.17) is 4.99 Å². The molecule has 1 fully saturated rings. The molecule has 33 heavy (non-hydrogen) atoms. The Kier molecular flexibility index (Phi) is 11.5. The fourth-order valence-corrected chi connectivity index (χ4v) is 3.74. The average molecular weight is 565 g/mol. The number of benzene rings is 2. The summed E-state index contributed by atoms with van der Waals surface area (Å²) in [5, 5.41) is 9.89. The Hall–Kier alpha value is -2.33. The number of carbonyl (C=O) groups is 1. The van der Waals surface area contributed by atoms with E-state index in [1.807, 2.05) is 49.3 Å². The maximum absolute atomic E-state index is 12.4. The summed E-state index contributed by atoms with van der Waals surface area (Å²) >= 11 is 0. The minimum atomic E-state index is -0.0466. The van der Waals surface area contributed by atoms with Crippen LogP contribution in [0.25, 0.3) is 0 Å². The second-order valence-electron chi connectivity index (χ2n) is 8.37. The molecule has 180 valence electrons. The van der Waals surface area contributed by atoms with E-state index in [1.54, 1.807) is 0 Å². The van der Waals surface area contributed by atoms with E-state index in [-0.39, 0.29) is 29.9 Å². The molecule has 1 atom stereocenters. The predicted octanol–water partition coefficient (Wildman–Crippen LogP) is 2.93. The molecule has 2 aromatic rings. The van der Waals surface area contributed by atoms with E-state index in [2.05, 4.69) is 52.0 Å². The van der Waals surface area contributed by atoms with Gasteiger partial charge < -0.3 is 25.8 Å².